The number of benzene rings is 3. The van der Waals surface area contributed by atoms with Crippen LogP contribution in [0.2, 0.25) is 5.02 Å². The van der Waals surface area contributed by atoms with E-state index in [9.17, 15) is 13.2 Å². The molecule has 0 aromatic heterocycles. The minimum atomic E-state index is -4.02. The molecular weight excluding hydrogens is 502 g/mol. The van der Waals surface area contributed by atoms with Crippen LogP contribution in [0.3, 0.4) is 0 Å². The zero-order valence-corrected chi connectivity index (χ0v) is 21.3. The van der Waals surface area contributed by atoms with Crippen molar-refractivity contribution in [2.24, 2.45) is 0 Å². The van der Waals surface area contributed by atoms with Gasteiger partial charge in [0.25, 0.3) is 15.9 Å². The summed E-state index contributed by atoms with van der Waals surface area (Å²) >= 11 is 6.17. The number of sulfonamides is 1. The van der Waals surface area contributed by atoms with Crippen LogP contribution in [0.25, 0.3) is 0 Å². The molecule has 2 heterocycles. The van der Waals surface area contributed by atoms with Crippen molar-refractivity contribution in [3.63, 3.8) is 0 Å². The van der Waals surface area contributed by atoms with Crippen molar-refractivity contribution in [1.82, 2.24) is 0 Å². The van der Waals surface area contributed by atoms with Gasteiger partial charge in [-0.05, 0) is 79.6 Å². The fourth-order valence-corrected chi connectivity index (χ4v) is 6.05. The number of ether oxygens (including phenoxy) is 2. The Hall–Kier alpha value is -3.43. The molecule has 1 amide bonds. The van der Waals surface area contributed by atoms with Gasteiger partial charge in [-0.3, -0.25) is 9.10 Å². The summed E-state index contributed by atoms with van der Waals surface area (Å²) in [5.74, 6) is 0.346. The van der Waals surface area contributed by atoms with Gasteiger partial charge in [-0.25, -0.2) is 8.42 Å². The van der Waals surface area contributed by atoms with Crippen LogP contribution in [0.15, 0.2) is 71.6 Å². The van der Waals surface area contributed by atoms with Gasteiger partial charge >= 0.3 is 0 Å². The topological polar surface area (TPSA) is 88.2 Å². The number of carbonyl (C=O) groups excluding carboxylic acids is 1. The van der Waals surface area contributed by atoms with Crippen LogP contribution >= 0.6 is 11.6 Å². The molecule has 3 aromatic rings. The molecule has 3 aromatic carbocycles. The molecule has 0 radical (unpaired) electrons. The smallest absolute Gasteiger partial charge is 0.267 e. The average molecular weight is 528 g/mol. The molecule has 1 N–H and O–H groups in total. The third-order valence-corrected chi connectivity index (χ3v) is 8.37. The SMILES string of the molecule is COc1ccc(S(=O)(=O)N2C[C@H](C(=O)Nc3ccc(N4CCCC4)cc3)Oc3ccc(Cl)cc32)cc1. The first-order valence-corrected chi connectivity index (χ1v) is 13.5. The normalized spacial score (nSPS) is 17.3. The Bertz CT molecular complexity index is 1360. The number of amides is 1. The molecule has 0 aliphatic carbocycles. The molecular formula is C26H26ClN3O5S. The number of halogens is 1. The number of fused-ring (bicyclic) bond motifs is 1. The van der Waals surface area contributed by atoms with Gasteiger partial charge < -0.3 is 19.7 Å². The fourth-order valence-electron chi connectivity index (χ4n) is 4.42. The highest BCUT2D eigenvalue weighted by Gasteiger charge is 2.38. The molecule has 5 rings (SSSR count). The number of methoxy groups -OCH3 is 1. The van der Waals surface area contributed by atoms with Gasteiger partial charge in [0, 0.05) is 29.5 Å². The molecule has 8 nitrogen and oxygen atoms in total. The van der Waals surface area contributed by atoms with Crippen molar-refractivity contribution < 1.29 is 22.7 Å². The van der Waals surface area contributed by atoms with E-state index in [0.717, 1.165) is 18.8 Å². The van der Waals surface area contributed by atoms with Crippen molar-refractivity contribution >= 4 is 44.6 Å². The summed E-state index contributed by atoms with van der Waals surface area (Å²) < 4.78 is 39.4. The first kappa shape index (κ1) is 24.3. The second kappa shape index (κ2) is 9.91. The van der Waals surface area contributed by atoms with Crippen LogP contribution in [0.5, 0.6) is 11.5 Å². The largest absolute Gasteiger partial charge is 0.497 e. The van der Waals surface area contributed by atoms with Crippen molar-refractivity contribution in [1.29, 1.82) is 0 Å². The van der Waals surface area contributed by atoms with E-state index in [1.807, 2.05) is 24.3 Å². The predicted octanol–water partition coefficient (Wildman–Crippen LogP) is 4.54. The van der Waals surface area contributed by atoms with Crippen molar-refractivity contribution in [2.75, 3.05) is 41.3 Å². The minimum Gasteiger partial charge on any atom is -0.497 e. The highest BCUT2D eigenvalue weighted by molar-refractivity contribution is 7.92. The van der Waals surface area contributed by atoms with E-state index in [1.165, 1.54) is 42.5 Å². The van der Waals surface area contributed by atoms with Crippen LogP contribution in [-0.4, -0.2) is 47.2 Å². The second-order valence-electron chi connectivity index (χ2n) is 8.66. The number of carbonyl (C=O) groups is 1. The lowest BCUT2D eigenvalue weighted by molar-refractivity contribution is -0.122. The first-order chi connectivity index (χ1) is 17.3. The lowest BCUT2D eigenvalue weighted by Crippen LogP contribution is -2.48. The molecule has 188 valence electrons. The van der Waals surface area contributed by atoms with E-state index in [2.05, 4.69) is 10.2 Å². The highest BCUT2D eigenvalue weighted by atomic mass is 35.5. The fraction of sp³-hybridized carbons (Fsp3) is 0.269. The zero-order valence-electron chi connectivity index (χ0n) is 19.7. The van der Waals surface area contributed by atoms with Gasteiger partial charge in [-0.1, -0.05) is 11.6 Å². The van der Waals surface area contributed by atoms with E-state index in [-0.39, 0.29) is 22.9 Å². The van der Waals surface area contributed by atoms with E-state index in [0.29, 0.717) is 16.5 Å². The van der Waals surface area contributed by atoms with Crippen LogP contribution in [0, 0.1) is 0 Å². The number of anilines is 3. The van der Waals surface area contributed by atoms with E-state index in [1.54, 1.807) is 24.3 Å². The molecule has 1 saturated heterocycles. The quantitative estimate of drug-likeness (QED) is 0.506. The lowest BCUT2D eigenvalue weighted by Gasteiger charge is -2.35. The molecule has 0 bridgehead atoms. The average Bonchev–Trinajstić information content (AvgIpc) is 3.43. The van der Waals surface area contributed by atoms with Crippen LogP contribution in [0.1, 0.15) is 12.8 Å². The minimum absolute atomic E-state index is 0.0628. The molecule has 0 saturated carbocycles. The molecule has 0 spiro atoms. The predicted molar refractivity (Wildman–Crippen MR) is 140 cm³/mol. The van der Waals surface area contributed by atoms with E-state index in [4.69, 9.17) is 21.1 Å². The van der Waals surface area contributed by atoms with Gasteiger partial charge in [0.1, 0.15) is 11.5 Å². The van der Waals surface area contributed by atoms with E-state index < -0.39 is 22.0 Å². The summed E-state index contributed by atoms with van der Waals surface area (Å²) in [4.78, 5) is 15.5. The van der Waals surface area contributed by atoms with E-state index >= 15 is 0 Å². The summed E-state index contributed by atoms with van der Waals surface area (Å²) in [7, 11) is -2.51. The number of hydrogen-bond acceptors (Lipinski definition) is 6. The van der Waals surface area contributed by atoms with Crippen molar-refractivity contribution in [2.45, 2.75) is 23.8 Å². The van der Waals surface area contributed by atoms with Crippen molar-refractivity contribution in [3.05, 3.63) is 71.8 Å². The van der Waals surface area contributed by atoms with Gasteiger partial charge in [0.05, 0.1) is 24.2 Å². The van der Waals surface area contributed by atoms with Crippen LogP contribution in [-0.2, 0) is 14.8 Å². The highest BCUT2D eigenvalue weighted by Crippen LogP contribution is 2.39. The number of hydrogen-bond donors (Lipinski definition) is 1. The third kappa shape index (κ3) is 4.81. The summed E-state index contributed by atoms with van der Waals surface area (Å²) in [5.41, 5.74) is 2.00. The second-order valence-corrected chi connectivity index (χ2v) is 11.0. The monoisotopic (exact) mass is 527 g/mol. The summed E-state index contributed by atoms with van der Waals surface area (Å²) in [6, 6.07) is 18.4. The Morgan fingerprint density at radius 3 is 2.39 bits per heavy atom. The molecule has 1 fully saturated rings. The van der Waals surface area contributed by atoms with Gasteiger partial charge in [-0.15, -0.1) is 0 Å². The van der Waals surface area contributed by atoms with Crippen LogP contribution < -0.4 is 24.0 Å². The number of nitrogens with zero attached hydrogens (tertiary/aromatic N) is 2. The molecule has 2 aliphatic rings. The Labute approximate surface area is 215 Å². The summed E-state index contributed by atoms with van der Waals surface area (Å²) in [6.07, 6.45) is 1.30. The standard InChI is InChI=1S/C26H26ClN3O5S/c1-34-21-9-11-22(12-10-21)36(32,33)30-17-25(35-24-13-4-18(27)16-23(24)30)26(31)28-19-5-7-20(8-6-19)29-14-2-3-15-29/h4-13,16,25H,2-3,14-15,17H2,1H3,(H,28,31)/t25-/m1/s1. The van der Waals surface area contributed by atoms with Gasteiger partial charge in [-0.2, -0.15) is 0 Å². The molecule has 36 heavy (non-hydrogen) atoms. The zero-order chi connectivity index (χ0) is 25.3. The molecule has 2 aliphatic heterocycles. The van der Waals surface area contributed by atoms with Crippen LogP contribution in [0.4, 0.5) is 17.1 Å². The third-order valence-electron chi connectivity index (χ3n) is 6.34. The first-order valence-electron chi connectivity index (χ1n) is 11.6. The van der Waals surface area contributed by atoms with Gasteiger partial charge in [0.2, 0.25) is 0 Å². The Morgan fingerprint density at radius 2 is 1.72 bits per heavy atom. The Morgan fingerprint density at radius 1 is 1.03 bits per heavy atom. The Kier molecular flexibility index (Phi) is 6.68. The summed E-state index contributed by atoms with van der Waals surface area (Å²) in [6.45, 7) is 1.85. The molecule has 10 heteroatoms. The maximum Gasteiger partial charge on any atom is 0.267 e. The van der Waals surface area contributed by atoms with Crippen molar-refractivity contribution in [3.8, 4) is 11.5 Å². The maximum atomic E-state index is 13.6. The maximum absolute atomic E-state index is 13.6. The molecule has 0 unspecified atom stereocenters. The lowest BCUT2D eigenvalue weighted by atomic mass is 10.2. The van der Waals surface area contributed by atoms with Gasteiger partial charge in [0.15, 0.2) is 6.10 Å². The summed E-state index contributed by atoms with van der Waals surface area (Å²) in [5, 5.41) is 3.21. The Balaban J connectivity index is 1.39. The number of rotatable bonds is 6. The number of nitrogens with one attached hydrogen (secondary N) is 1. The molecule has 1 atom stereocenters.